The third-order valence-electron chi connectivity index (χ3n) is 3.18. The van der Waals surface area contributed by atoms with Crippen molar-refractivity contribution in [2.24, 2.45) is 0 Å². The normalized spacial score (nSPS) is 13.8. The number of carbonyl (C=O) groups excluding carboxylic acids is 1. The van der Waals surface area contributed by atoms with Gasteiger partial charge in [0.2, 0.25) is 0 Å². The Morgan fingerprint density at radius 1 is 1.20 bits per heavy atom. The molecule has 4 nitrogen and oxygen atoms in total. The van der Waals surface area contributed by atoms with E-state index < -0.39 is 0 Å². The standard InChI is InChI=1S/C15H13BrN2O2/c16-11-3-6-14-13(7-11)18(15(19)9-20-14)8-10-1-4-12(17)5-2-10/h1-7H,8-9,17H2. The van der Waals surface area contributed by atoms with Crippen molar-refractivity contribution in [3.63, 3.8) is 0 Å². The van der Waals surface area contributed by atoms with E-state index >= 15 is 0 Å². The molecule has 1 heterocycles. The highest BCUT2D eigenvalue weighted by Gasteiger charge is 2.25. The lowest BCUT2D eigenvalue weighted by Crippen LogP contribution is -2.38. The molecule has 0 bridgehead atoms. The highest BCUT2D eigenvalue weighted by Crippen LogP contribution is 2.35. The van der Waals surface area contributed by atoms with Crippen LogP contribution >= 0.6 is 15.9 Å². The molecule has 2 N–H and O–H groups in total. The number of ether oxygens (including phenoxy) is 1. The average molecular weight is 333 g/mol. The maximum Gasteiger partial charge on any atom is 0.265 e. The van der Waals surface area contributed by atoms with E-state index in [0.29, 0.717) is 12.2 Å². The van der Waals surface area contributed by atoms with E-state index in [9.17, 15) is 4.79 Å². The molecule has 0 aromatic heterocycles. The summed E-state index contributed by atoms with van der Waals surface area (Å²) in [6, 6.07) is 13.2. The molecule has 0 atom stereocenters. The summed E-state index contributed by atoms with van der Waals surface area (Å²) in [6.45, 7) is 0.579. The molecule has 2 aromatic carbocycles. The van der Waals surface area contributed by atoms with Gasteiger partial charge >= 0.3 is 0 Å². The Morgan fingerprint density at radius 2 is 1.95 bits per heavy atom. The molecule has 0 fully saturated rings. The topological polar surface area (TPSA) is 55.6 Å². The van der Waals surface area contributed by atoms with Crippen LogP contribution in [0.3, 0.4) is 0 Å². The lowest BCUT2D eigenvalue weighted by molar-refractivity contribution is -0.121. The molecule has 20 heavy (non-hydrogen) atoms. The lowest BCUT2D eigenvalue weighted by Gasteiger charge is -2.29. The summed E-state index contributed by atoms with van der Waals surface area (Å²) in [5.41, 5.74) is 8.20. The van der Waals surface area contributed by atoms with Gasteiger partial charge in [-0.15, -0.1) is 0 Å². The summed E-state index contributed by atoms with van der Waals surface area (Å²) in [4.78, 5) is 13.8. The summed E-state index contributed by atoms with van der Waals surface area (Å²) in [7, 11) is 0. The third-order valence-corrected chi connectivity index (χ3v) is 3.68. The van der Waals surface area contributed by atoms with Gasteiger partial charge in [-0.2, -0.15) is 0 Å². The van der Waals surface area contributed by atoms with Crippen LogP contribution in [0, 0.1) is 0 Å². The number of rotatable bonds is 2. The molecule has 1 amide bonds. The Bertz CT molecular complexity index is 655. The molecule has 2 aromatic rings. The van der Waals surface area contributed by atoms with Crippen LogP contribution in [-0.2, 0) is 11.3 Å². The maximum atomic E-state index is 12.1. The largest absolute Gasteiger partial charge is 0.482 e. The van der Waals surface area contributed by atoms with E-state index in [2.05, 4.69) is 15.9 Å². The minimum Gasteiger partial charge on any atom is -0.482 e. The molecule has 0 saturated heterocycles. The average Bonchev–Trinajstić information content (AvgIpc) is 2.44. The van der Waals surface area contributed by atoms with Gasteiger partial charge in [0.05, 0.1) is 12.2 Å². The number of hydrogen-bond donors (Lipinski definition) is 1. The van der Waals surface area contributed by atoms with Crippen LogP contribution < -0.4 is 15.4 Å². The van der Waals surface area contributed by atoms with Gasteiger partial charge in [0, 0.05) is 10.2 Å². The highest BCUT2D eigenvalue weighted by molar-refractivity contribution is 9.10. The molecule has 0 spiro atoms. The Hall–Kier alpha value is -2.01. The Kier molecular flexibility index (Phi) is 3.36. The van der Waals surface area contributed by atoms with E-state index in [1.54, 1.807) is 4.90 Å². The van der Waals surface area contributed by atoms with E-state index in [1.165, 1.54) is 0 Å². The fourth-order valence-electron chi connectivity index (χ4n) is 2.15. The number of carbonyl (C=O) groups is 1. The first-order chi connectivity index (χ1) is 9.63. The number of anilines is 2. The van der Waals surface area contributed by atoms with Crippen molar-refractivity contribution in [1.29, 1.82) is 0 Å². The quantitative estimate of drug-likeness (QED) is 0.860. The van der Waals surface area contributed by atoms with E-state index in [1.807, 2.05) is 42.5 Å². The minimum atomic E-state index is -0.0487. The van der Waals surface area contributed by atoms with Crippen molar-refractivity contribution in [3.05, 3.63) is 52.5 Å². The molecule has 102 valence electrons. The molecule has 5 heteroatoms. The minimum absolute atomic E-state index is 0.0487. The monoisotopic (exact) mass is 332 g/mol. The third kappa shape index (κ3) is 2.49. The number of hydrogen-bond acceptors (Lipinski definition) is 3. The number of nitrogens with zero attached hydrogens (tertiary/aromatic N) is 1. The number of nitrogen functional groups attached to an aromatic ring is 1. The predicted octanol–water partition coefficient (Wildman–Crippen LogP) is 2.96. The number of fused-ring (bicyclic) bond motifs is 1. The van der Waals surface area contributed by atoms with Crippen molar-refractivity contribution >= 4 is 33.2 Å². The zero-order valence-corrected chi connectivity index (χ0v) is 12.3. The fraction of sp³-hybridized carbons (Fsp3) is 0.133. The van der Waals surface area contributed by atoms with E-state index in [-0.39, 0.29) is 12.5 Å². The van der Waals surface area contributed by atoms with Crippen LogP contribution in [0.5, 0.6) is 5.75 Å². The highest BCUT2D eigenvalue weighted by atomic mass is 79.9. The SMILES string of the molecule is Nc1ccc(CN2C(=O)COc3ccc(Br)cc32)cc1. The van der Waals surface area contributed by atoms with Crippen LogP contribution in [0.2, 0.25) is 0 Å². The van der Waals surface area contributed by atoms with Gasteiger partial charge in [-0.1, -0.05) is 28.1 Å². The number of nitrogens with two attached hydrogens (primary N) is 1. The first-order valence-corrected chi connectivity index (χ1v) is 7.00. The fourth-order valence-corrected chi connectivity index (χ4v) is 2.50. The number of amides is 1. The molecular formula is C15H13BrN2O2. The van der Waals surface area contributed by atoms with Gasteiger partial charge < -0.3 is 15.4 Å². The Balaban J connectivity index is 1.94. The molecule has 1 aliphatic heterocycles. The Labute approximate surface area is 125 Å². The first kappa shape index (κ1) is 13.0. The van der Waals surface area contributed by atoms with Crippen molar-refractivity contribution in [1.82, 2.24) is 0 Å². The zero-order valence-electron chi connectivity index (χ0n) is 10.7. The van der Waals surface area contributed by atoms with Crippen molar-refractivity contribution < 1.29 is 9.53 Å². The smallest absolute Gasteiger partial charge is 0.265 e. The second-order valence-electron chi connectivity index (χ2n) is 4.62. The van der Waals surface area contributed by atoms with Crippen LogP contribution in [0.25, 0.3) is 0 Å². The number of halogens is 1. The van der Waals surface area contributed by atoms with Crippen molar-refractivity contribution in [3.8, 4) is 5.75 Å². The molecular weight excluding hydrogens is 320 g/mol. The summed E-state index contributed by atoms with van der Waals surface area (Å²) in [6.07, 6.45) is 0. The summed E-state index contributed by atoms with van der Waals surface area (Å²) in [5, 5.41) is 0. The summed E-state index contributed by atoms with van der Waals surface area (Å²) < 4.78 is 6.36. The zero-order chi connectivity index (χ0) is 14.1. The molecule has 1 aliphatic rings. The van der Waals surface area contributed by atoms with Gasteiger partial charge in [-0.05, 0) is 35.9 Å². The van der Waals surface area contributed by atoms with Crippen LogP contribution in [0.15, 0.2) is 46.9 Å². The summed E-state index contributed by atoms with van der Waals surface area (Å²) >= 11 is 3.42. The van der Waals surface area contributed by atoms with Crippen molar-refractivity contribution in [2.75, 3.05) is 17.2 Å². The van der Waals surface area contributed by atoms with Crippen LogP contribution in [0.4, 0.5) is 11.4 Å². The van der Waals surface area contributed by atoms with Crippen LogP contribution in [-0.4, -0.2) is 12.5 Å². The molecule has 3 rings (SSSR count). The van der Waals surface area contributed by atoms with Crippen LogP contribution in [0.1, 0.15) is 5.56 Å². The Morgan fingerprint density at radius 3 is 2.70 bits per heavy atom. The van der Waals surface area contributed by atoms with Gasteiger partial charge in [-0.25, -0.2) is 0 Å². The van der Waals surface area contributed by atoms with Gasteiger partial charge in [0.15, 0.2) is 6.61 Å². The molecule has 0 unspecified atom stereocenters. The van der Waals surface area contributed by atoms with Gasteiger partial charge in [0.25, 0.3) is 5.91 Å². The maximum absolute atomic E-state index is 12.1. The second-order valence-corrected chi connectivity index (χ2v) is 5.54. The van der Waals surface area contributed by atoms with E-state index in [0.717, 1.165) is 21.5 Å². The first-order valence-electron chi connectivity index (χ1n) is 6.20. The lowest BCUT2D eigenvalue weighted by atomic mass is 10.1. The predicted molar refractivity (Wildman–Crippen MR) is 81.7 cm³/mol. The van der Waals surface area contributed by atoms with Crippen molar-refractivity contribution in [2.45, 2.75) is 6.54 Å². The van der Waals surface area contributed by atoms with Gasteiger partial charge in [0.1, 0.15) is 5.75 Å². The number of benzene rings is 2. The second kappa shape index (κ2) is 5.17. The molecule has 0 aliphatic carbocycles. The molecule has 0 saturated carbocycles. The molecule has 0 radical (unpaired) electrons. The van der Waals surface area contributed by atoms with E-state index in [4.69, 9.17) is 10.5 Å². The van der Waals surface area contributed by atoms with Gasteiger partial charge in [-0.3, -0.25) is 4.79 Å². The summed E-state index contributed by atoms with van der Waals surface area (Å²) in [5.74, 6) is 0.677.